The van der Waals surface area contributed by atoms with Gasteiger partial charge in [0.2, 0.25) is 0 Å². The van der Waals surface area contributed by atoms with Gasteiger partial charge in [-0.15, -0.1) is 0 Å². The van der Waals surface area contributed by atoms with Crippen LogP contribution in [0.3, 0.4) is 0 Å². The van der Waals surface area contributed by atoms with E-state index in [2.05, 4.69) is 25.2 Å². The number of hydrogen-bond donors (Lipinski definition) is 3. The number of benzene rings is 1. The predicted octanol–water partition coefficient (Wildman–Crippen LogP) is 3.11. The molecule has 0 spiro atoms. The Kier molecular flexibility index (Phi) is 5.50. The van der Waals surface area contributed by atoms with Gasteiger partial charge in [0, 0.05) is 32.0 Å². The second-order valence-corrected chi connectivity index (χ2v) is 7.76. The van der Waals surface area contributed by atoms with Crippen LogP contribution in [0.1, 0.15) is 25.3 Å². The van der Waals surface area contributed by atoms with E-state index in [1.165, 1.54) is 13.4 Å². The van der Waals surface area contributed by atoms with Crippen molar-refractivity contribution in [3.8, 4) is 0 Å². The van der Waals surface area contributed by atoms with Crippen molar-refractivity contribution in [2.75, 3.05) is 30.4 Å². The third kappa shape index (κ3) is 3.67. The van der Waals surface area contributed by atoms with Crippen molar-refractivity contribution in [3.63, 3.8) is 0 Å². The van der Waals surface area contributed by atoms with Crippen LogP contribution in [0, 0.1) is 0 Å². The highest BCUT2D eigenvalue weighted by Crippen LogP contribution is 2.34. The molecule has 2 aromatic heterocycles. The molecule has 0 saturated carbocycles. The first-order valence-electron chi connectivity index (χ1n) is 10.4. The Morgan fingerprint density at radius 1 is 1.23 bits per heavy atom. The van der Waals surface area contributed by atoms with Gasteiger partial charge in [-0.25, -0.2) is 14.8 Å². The van der Waals surface area contributed by atoms with Gasteiger partial charge in [0.05, 0.1) is 5.39 Å². The molecule has 162 valence electrons. The number of aryl methyl sites for hydroxylation is 1. The van der Waals surface area contributed by atoms with Crippen LogP contribution in [0.4, 0.5) is 16.3 Å². The molecule has 3 N–H and O–H groups in total. The molecule has 1 fully saturated rings. The van der Waals surface area contributed by atoms with Crippen molar-refractivity contribution in [3.05, 3.63) is 48.4 Å². The van der Waals surface area contributed by atoms with E-state index in [0.29, 0.717) is 25.9 Å². The molecule has 1 saturated heterocycles. The number of carbonyl (C=O) groups is 2. The molecule has 4 rings (SSSR count). The van der Waals surface area contributed by atoms with E-state index in [-0.39, 0.29) is 5.91 Å². The number of likely N-dealkylation sites (N-methyl/N-ethyl adjacent to an activating group) is 1. The first kappa shape index (κ1) is 20.6. The van der Waals surface area contributed by atoms with Gasteiger partial charge in [-0.1, -0.05) is 25.1 Å². The van der Waals surface area contributed by atoms with Gasteiger partial charge < -0.3 is 20.3 Å². The first-order valence-corrected chi connectivity index (χ1v) is 10.4. The van der Waals surface area contributed by atoms with Crippen molar-refractivity contribution in [1.82, 2.24) is 19.9 Å². The Labute approximate surface area is 180 Å². The van der Waals surface area contributed by atoms with E-state index in [0.717, 1.165) is 39.4 Å². The number of aromatic amines is 1. The number of carbonyl (C=O) groups excluding carboxylic acids is 1. The zero-order valence-corrected chi connectivity index (χ0v) is 17.6. The van der Waals surface area contributed by atoms with Crippen LogP contribution in [0.15, 0.2) is 42.9 Å². The number of para-hydroxylation sites is 1. The molecule has 9 nitrogen and oxygen atoms in total. The minimum absolute atomic E-state index is 0.299. The first-order chi connectivity index (χ1) is 15.0. The van der Waals surface area contributed by atoms with Crippen LogP contribution >= 0.6 is 0 Å². The number of nitrogens with one attached hydrogen (secondary N) is 2. The van der Waals surface area contributed by atoms with Gasteiger partial charge in [-0.2, -0.15) is 0 Å². The number of amides is 2. The van der Waals surface area contributed by atoms with Gasteiger partial charge in [0.1, 0.15) is 23.3 Å². The van der Waals surface area contributed by atoms with E-state index in [1.807, 2.05) is 43.5 Å². The summed E-state index contributed by atoms with van der Waals surface area (Å²) in [4.78, 5) is 40.3. The third-order valence-corrected chi connectivity index (χ3v) is 6.22. The van der Waals surface area contributed by atoms with Gasteiger partial charge in [0.25, 0.3) is 5.91 Å². The van der Waals surface area contributed by atoms with Crippen LogP contribution < -0.4 is 10.2 Å². The van der Waals surface area contributed by atoms with Gasteiger partial charge >= 0.3 is 6.09 Å². The summed E-state index contributed by atoms with van der Waals surface area (Å²) in [5.41, 5.74) is 1.32. The van der Waals surface area contributed by atoms with Gasteiger partial charge in [-0.3, -0.25) is 9.69 Å². The maximum atomic E-state index is 13.5. The Bertz CT molecular complexity index is 1100. The van der Waals surface area contributed by atoms with E-state index < -0.39 is 11.6 Å². The lowest BCUT2D eigenvalue weighted by Gasteiger charge is -2.45. The average Bonchev–Trinajstić information content (AvgIpc) is 3.28. The molecule has 1 aromatic carbocycles. The summed E-state index contributed by atoms with van der Waals surface area (Å²) in [6.45, 7) is 3.02. The minimum atomic E-state index is -1.16. The number of H-pyrrole nitrogens is 1. The van der Waals surface area contributed by atoms with Crippen molar-refractivity contribution in [2.24, 2.45) is 0 Å². The molecule has 0 radical (unpaired) electrons. The van der Waals surface area contributed by atoms with Crippen molar-refractivity contribution < 1.29 is 14.7 Å². The quantitative estimate of drug-likeness (QED) is 0.582. The van der Waals surface area contributed by atoms with Crippen LogP contribution in [0.25, 0.3) is 11.0 Å². The summed E-state index contributed by atoms with van der Waals surface area (Å²) < 4.78 is 0. The highest BCUT2D eigenvalue weighted by Gasteiger charge is 2.47. The summed E-state index contributed by atoms with van der Waals surface area (Å²) in [6, 6.07) is 9.52. The zero-order chi connectivity index (χ0) is 22.0. The average molecular weight is 422 g/mol. The number of nitrogens with zero attached hydrogens (tertiary/aromatic N) is 4. The second-order valence-electron chi connectivity index (χ2n) is 7.76. The number of hydrogen-bond acceptors (Lipinski definition) is 5. The molecule has 1 aliphatic heterocycles. The fourth-order valence-electron chi connectivity index (χ4n) is 4.29. The normalized spacial score (nSPS) is 15.6. The SMILES string of the molecule is CCc1ccccc1NC(=O)C1(N(C)C(=O)O)CCN(c2ncnc3[nH]ccc23)CC1. The molecule has 1 aliphatic rings. The Morgan fingerprint density at radius 3 is 2.68 bits per heavy atom. The fraction of sp³-hybridized carbons (Fsp3) is 0.364. The molecule has 3 aromatic rings. The third-order valence-electron chi connectivity index (χ3n) is 6.22. The van der Waals surface area contributed by atoms with E-state index in [1.54, 1.807) is 0 Å². The predicted molar refractivity (Wildman–Crippen MR) is 118 cm³/mol. The molecular weight excluding hydrogens is 396 g/mol. The lowest BCUT2D eigenvalue weighted by Crippen LogP contribution is -2.62. The highest BCUT2D eigenvalue weighted by atomic mass is 16.4. The van der Waals surface area contributed by atoms with E-state index in [9.17, 15) is 14.7 Å². The van der Waals surface area contributed by atoms with Gasteiger partial charge in [0.15, 0.2) is 0 Å². The molecule has 0 aliphatic carbocycles. The maximum Gasteiger partial charge on any atom is 0.407 e. The van der Waals surface area contributed by atoms with Crippen LogP contribution in [-0.2, 0) is 11.2 Å². The molecule has 9 heteroatoms. The van der Waals surface area contributed by atoms with Crippen molar-refractivity contribution in [1.29, 1.82) is 0 Å². The number of carboxylic acid groups (broad SMARTS) is 1. The second kappa shape index (κ2) is 8.25. The van der Waals surface area contributed by atoms with Crippen molar-refractivity contribution >= 4 is 34.5 Å². The Morgan fingerprint density at radius 2 is 1.97 bits per heavy atom. The molecule has 3 heterocycles. The standard InChI is InChI=1S/C22H26N6O3/c1-3-15-6-4-5-7-17(15)26-20(29)22(27(2)21(30)31)9-12-28(13-10-22)19-16-8-11-23-18(16)24-14-25-19/h4-8,11,14H,3,9-10,12-13H2,1-2H3,(H,26,29)(H,30,31)(H,23,24,25). The zero-order valence-electron chi connectivity index (χ0n) is 17.6. The molecule has 31 heavy (non-hydrogen) atoms. The van der Waals surface area contributed by atoms with Crippen LogP contribution in [0.5, 0.6) is 0 Å². The van der Waals surface area contributed by atoms with Crippen molar-refractivity contribution in [2.45, 2.75) is 31.7 Å². The number of aromatic nitrogens is 3. The minimum Gasteiger partial charge on any atom is -0.465 e. The molecular formula is C22H26N6O3. The lowest BCUT2D eigenvalue weighted by atomic mass is 9.84. The summed E-state index contributed by atoms with van der Waals surface area (Å²) >= 11 is 0. The van der Waals surface area contributed by atoms with E-state index in [4.69, 9.17) is 0 Å². The fourth-order valence-corrected chi connectivity index (χ4v) is 4.29. The molecule has 0 atom stereocenters. The lowest BCUT2D eigenvalue weighted by molar-refractivity contribution is -0.127. The Hall–Kier alpha value is -3.62. The highest BCUT2D eigenvalue weighted by molar-refractivity contribution is 6.00. The summed E-state index contributed by atoms with van der Waals surface area (Å²) in [5.74, 6) is 0.488. The largest absolute Gasteiger partial charge is 0.465 e. The maximum absolute atomic E-state index is 13.5. The van der Waals surface area contributed by atoms with Crippen LogP contribution in [-0.4, -0.2) is 62.6 Å². The number of rotatable bonds is 5. The summed E-state index contributed by atoms with van der Waals surface area (Å²) in [6.07, 6.45) is 3.67. The smallest absolute Gasteiger partial charge is 0.407 e. The van der Waals surface area contributed by atoms with E-state index >= 15 is 0 Å². The summed E-state index contributed by atoms with van der Waals surface area (Å²) in [5, 5.41) is 13.6. The van der Waals surface area contributed by atoms with Crippen LogP contribution in [0.2, 0.25) is 0 Å². The number of piperidine rings is 1. The number of anilines is 2. The Balaban J connectivity index is 1.60. The summed E-state index contributed by atoms with van der Waals surface area (Å²) in [7, 11) is 1.47. The van der Waals surface area contributed by atoms with Gasteiger partial charge in [-0.05, 0) is 37.0 Å². The molecule has 2 amide bonds. The topological polar surface area (TPSA) is 114 Å². The number of fused-ring (bicyclic) bond motifs is 1. The molecule has 0 unspecified atom stereocenters. The monoisotopic (exact) mass is 422 g/mol. The molecule has 0 bridgehead atoms.